The number of hydrogen-bond acceptors (Lipinski definition) is 0. The summed E-state index contributed by atoms with van der Waals surface area (Å²) in [5, 5.41) is 1.99. The van der Waals surface area contributed by atoms with Crippen molar-refractivity contribution in [2.45, 2.75) is 47.5 Å². The Morgan fingerprint density at radius 1 is 0.848 bits per heavy atom. The normalized spacial score (nSPS) is 12.3. The highest BCUT2D eigenvalue weighted by Crippen LogP contribution is 2.37. The Morgan fingerprint density at radius 2 is 1.52 bits per heavy atom. The average Bonchev–Trinajstić information content (AvgIpc) is 2.79. The maximum Gasteiger partial charge on any atom is 0.220 e. The third-order valence-corrected chi connectivity index (χ3v) is 6.93. The zero-order chi connectivity index (χ0) is 24.7. The zero-order valence-corrected chi connectivity index (χ0v) is 20.8. The first-order valence-electron chi connectivity index (χ1n) is 12.4. The van der Waals surface area contributed by atoms with Gasteiger partial charge in [0.05, 0.1) is 12.3 Å². The Morgan fingerprint density at radius 3 is 2.15 bits per heavy atom. The Labute approximate surface area is 199 Å². The van der Waals surface area contributed by atoms with E-state index in [4.69, 9.17) is 1.37 Å². The molecule has 0 aliphatic rings. The van der Waals surface area contributed by atoms with Gasteiger partial charge in [-0.15, -0.1) is 0 Å². The molecule has 1 aromatic heterocycles. The number of rotatable bonds is 5. The van der Waals surface area contributed by atoms with E-state index in [1.165, 1.54) is 5.56 Å². The second-order valence-corrected chi connectivity index (χ2v) is 9.95. The molecule has 170 valence electrons. The van der Waals surface area contributed by atoms with E-state index < -0.39 is 0 Å². The number of halogens is 1. The van der Waals surface area contributed by atoms with Crippen LogP contribution in [0.25, 0.3) is 33.2 Å². The van der Waals surface area contributed by atoms with Crippen LogP contribution in [0.5, 0.6) is 0 Å². The molecule has 0 saturated heterocycles. The lowest BCUT2D eigenvalue weighted by molar-refractivity contribution is -0.665. The molecule has 0 unspecified atom stereocenters. The molecule has 0 radical (unpaired) electrons. The fraction of sp³-hybridized carbons (Fsp3) is 0.323. The Bertz CT molecular complexity index is 1350. The predicted octanol–water partition coefficient (Wildman–Crippen LogP) is 8.15. The molecule has 3 aromatic carbocycles. The summed E-state index contributed by atoms with van der Waals surface area (Å²) in [7, 11) is 2.01. The minimum absolute atomic E-state index is 0.216. The summed E-state index contributed by atoms with van der Waals surface area (Å²) >= 11 is 0. The smallest absolute Gasteiger partial charge is 0.206 e. The number of nitrogens with zero attached hydrogens (tertiary/aromatic N) is 1. The van der Waals surface area contributed by atoms with Crippen molar-refractivity contribution in [1.82, 2.24) is 0 Å². The zero-order valence-electron chi connectivity index (χ0n) is 21.8. The van der Waals surface area contributed by atoms with Gasteiger partial charge in [0.15, 0.2) is 5.69 Å². The summed E-state index contributed by atoms with van der Waals surface area (Å²) in [5.74, 6) is 1.24. The fourth-order valence-corrected chi connectivity index (χ4v) is 5.34. The molecule has 1 heterocycles. The Balaban J connectivity index is 2.02. The lowest BCUT2D eigenvalue weighted by atomic mass is 9.79. The molecule has 0 N–H and O–H groups in total. The van der Waals surface area contributed by atoms with E-state index in [1.807, 2.05) is 57.3 Å². The molecule has 33 heavy (non-hydrogen) atoms. The molecule has 0 atom stereocenters. The minimum atomic E-state index is -0.216. The quantitative estimate of drug-likeness (QED) is 0.275. The topological polar surface area (TPSA) is 3.88 Å². The van der Waals surface area contributed by atoms with E-state index in [2.05, 4.69) is 50.5 Å². The van der Waals surface area contributed by atoms with Crippen LogP contribution in [-0.2, 0) is 7.05 Å². The maximum absolute atomic E-state index is 15.0. The molecule has 0 saturated carbocycles. The third-order valence-electron chi connectivity index (χ3n) is 6.93. The number of benzene rings is 3. The molecular weight excluding hydrogens is 405 g/mol. The highest BCUT2D eigenvalue weighted by molar-refractivity contribution is 5.95. The van der Waals surface area contributed by atoms with Crippen LogP contribution in [0.2, 0.25) is 0 Å². The van der Waals surface area contributed by atoms with Crippen LogP contribution in [0.1, 0.15) is 51.8 Å². The van der Waals surface area contributed by atoms with Crippen LogP contribution in [0.3, 0.4) is 0 Å². The molecule has 1 nitrogen and oxygen atoms in total. The number of aryl methyl sites for hydroxylation is 1. The Hall–Kier alpha value is -3.00. The molecule has 0 bridgehead atoms. The highest BCUT2D eigenvalue weighted by atomic mass is 19.1. The van der Waals surface area contributed by atoms with Gasteiger partial charge >= 0.3 is 0 Å². The van der Waals surface area contributed by atoms with Crippen molar-refractivity contribution in [3.05, 3.63) is 89.3 Å². The van der Waals surface area contributed by atoms with Gasteiger partial charge < -0.3 is 0 Å². The fourth-order valence-electron chi connectivity index (χ4n) is 5.34. The first kappa shape index (κ1) is 21.8. The second-order valence-electron chi connectivity index (χ2n) is 9.95. The van der Waals surface area contributed by atoms with Gasteiger partial charge in [-0.1, -0.05) is 70.2 Å². The molecule has 0 aliphatic carbocycles. The van der Waals surface area contributed by atoms with Crippen molar-refractivity contribution in [3.63, 3.8) is 0 Å². The first-order valence-corrected chi connectivity index (χ1v) is 11.9. The number of fused-ring (bicyclic) bond motifs is 1. The molecule has 4 rings (SSSR count). The van der Waals surface area contributed by atoms with Crippen LogP contribution in [0.15, 0.2) is 66.7 Å². The molecule has 4 aromatic rings. The summed E-state index contributed by atoms with van der Waals surface area (Å²) in [4.78, 5) is 0. The minimum Gasteiger partial charge on any atom is -0.206 e. The summed E-state index contributed by atoms with van der Waals surface area (Å²) < 4.78 is 26.1. The molecule has 0 aliphatic heterocycles. The Kier molecular flexibility index (Phi) is 6.01. The highest BCUT2D eigenvalue weighted by Gasteiger charge is 2.24. The second kappa shape index (κ2) is 9.09. The van der Waals surface area contributed by atoms with E-state index in [-0.39, 0.29) is 5.82 Å². The van der Waals surface area contributed by atoms with Crippen LogP contribution >= 0.6 is 0 Å². The van der Waals surface area contributed by atoms with Crippen molar-refractivity contribution < 1.29 is 10.3 Å². The van der Waals surface area contributed by atoms with Crippen LogP contribution in [0, 0.1) is 31.5 Å². The summed E-state index contributed by atoms with van der Waals surface area (Å²) in [5.41, 5.74) is 6.54. The van der Waals surface area contributed by atoms with Gasteiger partial charge in [-0.3, -0.25) is 0 Å². The SMILES string of the molecule is [2H]c1c(C)[n+](C)c(-c2cc(-c3ccccc3)c(F)cc2C)c2ccc(C(C(C)C)C(C)C)cc12. The molecule has 0 fully saturated rings. The monoisotopic (exact) mass is 441 g/mol. The van der Waals surface area contributed by atoms with E-state index in [0.29, 0.717) is 29.4 Å². The van der Waals surface area contributed by atoms with Gasteiger partial charge in [0.25, 0.3) is 0 Å². The summed E-state index contributed by atoms with van der Waals surface area (Å²) in [6, 6.07) is 20.5. The van der Waals surface area contributed by atoms with Crippen molar-refractivity contribution >= 4 is 10.8 Å². The molecule has 2 heteroatoms. The first-order chi connectivity index (χ1) is 16.1. The van der Waals surface area contributed by atoms with Gasteiger partial charge in [0, 0.05) is 18.5 Å². The summed E-state index contributed by atoms with van der Waals surface area (Å²) in [6.07, 6.45) is 0. The lowest BCUT2D eigenvalue weighted by Crippen LogP contribution is -2.35. The average molecular weight is 442 g/mol. The van der Waals surface area contributed by atoms with Gasteiger partial charge in [-0.2, -0.15) is 4.57 Å². The van der Waals surface area contributed by atoms with Crippen molar-refractivity contribution in [3.8, 4) is 22.4 Å². The van der Waals surface area contributed by atoms with E-state index >= 15 is 4.39 Å². The molecule has 0 spiro atoms. The van der Waals surface area contributed by atoms with Crippen LogP contribution < -0.4 is 4.57 Å². The number of aromatic nitrogens is 1. The molecular formula is C31H35FN+. The van der Waals surface area contributed by atoms with Crippen LogP contribution in [-0.4, -0.2) is 0 Å². The van der Waals surface area contributed by atoms with Crippen molar-refractivity contribution in [1.29, 1.82) is 0 Å². The number of hydrogen-bond donors (Lipinski definition) is 0. The largest absolute Gasteiger partial charge is 0.220 e. The summed E-state index contributed by atoms with van der Waals surface area (Å²) in [6.45, 7) is 13.0. The van der Waals surface area contributed by atoms with Gasteiger partial charge in [0.2, 0.25) is 5.69 Å². The molecule has 0 amide bonds. The lowest BCUT2D eigenvalue weighted by Gasteiger charge is -2.25. The number of pyridine rings is 1. The van der Waals surface area contributed by atoms with Gasteiger partial charge in [0.1, 0.15) is 12.9 Å². The van der Waals surface area contributed by atoms with Crippen LogP contribution in [0.4, 0.5) is 4.39 Å². The van der Waals surface area contributed by atoms with Gasteiger partial charge in [-0.25, -0.2) is 4.39 Å². The van der Waals surface area contributed by atoms with E-state index in [0.717, 1.165) is 38.9 Å². The van der Waals surface area contributed by atoms with E-state index in [9.17, 15) is 0 Å². The van der Waals surface area contributed by atoms with Crippen molar-refractivity contribution in [2.75, 3.05) is 0 Å². The van der Waals surface area contributed by atoms with Gasteiger partial charge in [-0.05, 0) is 65.0 Å². The predicted molar refractivity (Wildman–Crippen MR) is 138 cm³/mol. The van der Waals surface area contributed by atoms with Crippen molar-refractivity contribution in [2.24, 2.45) is 18.9 Å². The standard InChI is InChI=1S/C31H35FN/c1-19(2)30(20(3)4)24-13-14-26-25(17-24)16-22(6)33(7)31(26)27-18-28(29(32)15-21(27)5)23-11-9-8-10-12-23/h8-20,30H,1-7H3/q+1/i16D. The van der Waals surface area contributed by atoms with E-state index in [1.54, 1.807) is 6.07 Å². The maximum atomic E-state index is 15.0. The third kappa shape index (κ3) is 4.31.